The van der Waals surface area contributed by atoms with Gasteiger partial charge in [-0.15, -0.1) is 0 Å². The molecule has 1 saturated carbocycles. The van der Waals surface area contributed by atoms with E-state index in [1.807, 2.05) is 31.7 Å². The van der Waals surface area contributed by atoms with Crippen molar-refractivity contribution in [3.8, 4) is 5.75 Å². The molecular weight excluding hydrogens is 328 g/mol. The molecule has 5 heteroatoms. The normalized spacial score (nSPS) is 30.5. The maximum atomic E-state index is 12.4. The molecule has 26 heavy (non-hydrogen) atoms. The smallest absolute Gasteiger partial charge is 0.410 e. The Morgan fingerprint density at radius 2 is 1.85 bits per heavy atom. The van der Waals surface area contributed by atoms with Gasteiger partial charge in [-0.25, -0.2) is 4.79 Å². The predicted molar refractivity (Wildman–Crippen MR) is 101 cm³/mol. The zero-order valence-corrected chi connectivity index (χ0v) is 16.3. The van der Waals surface area contributed by atoms with Crippen LogP contribution in [0, 0.1) is 5.92 Å². The molecule has 5 rings (SSSR count). The second-order valence-corrected chi connectivity index (χ2v) is 8.99. The number of para-hydroxylation sites is 1. The van der Waals surface area contributed by atoms with Gasteiger partial charge in [0, 0.05) is 19.6 Å². The third kappa shape index (κ3) is 3.41. The molecule has 142 valence electrons. The molecule has 1 aliphatic carbocycles. The van der Waals surface area contributed by atoms with Crippen LogP contribution in [0.25, 0.3) is 0 Å². The maximum absolute atomic E-state index is 12.4. The molecule has 4 fully saturated rings. The van der Waals surface area contributed by atoms with Crippen molar-refractivity contribution in [2.75, 3.05) is 26.7 Å². The summed E-state index contributed by atoms with van der Waals surface area (Å²) in [5.41, 5.74) is 0.925. The van der Waals surface area contributed by atoms with E-state index in [2.05, 4.69) is 23.1 Å². The van der Waals surface area contributed by atoms with Crippen LogP contribution in [-0.4, -0.2) is 60.3 Å². The Hall–Kier alpha value is -1.75. The number of amides is 1. The maximum Gasteiger partial charge on any atom is 0.410 e. The minimum Gasteiger partial charge on any atom is -0.496 e. The molecule has 1 amide bonds. The van der Waals surface area contributed by atoms with Crippen molar-refractivity contribution in [2.45, 2.75) is 57.2 Å². The highest BCUT2D eigenvalue weighted by atomic mass is 16.6. The summed E-state index contributed by atoms with van der Waals surface area (Å²) < 4.78 is 11.1. The monoisotopic (exact) mass is 358 g/mol. The highest BCUT2D eigenvalue weighted by Crippen LogP contribution is 2.51. The predicted octanol–water partition coefficient (Wildman–Crippen LogP) is 3.49. The Labute approximate surface area is 156 Å². The van der Waals surface area contributed by atoms with Crippen molar-refractivity contribution >= 4 is 6.09 Å². The lowest BCUT2D eigenvalue weighted by Gasteiger charge is -2.56. The van der Waals surface area contributed by atoms with Crippen LogP contribution in [0.5, 0.6) is 5.75 Å². The number of methoxy groups -OCH3 is 1. The van der Waals surface area contributed by atoms with Crippen LogP contribution in [0.4, 0.5) is 4.79 Å². The van der Waals surface area contributed by atoms with Crippen molar-refractivity contribution in [2.24, 2.45) is 5.92 Å². The van der Waals surface area contributed by atoms with E-state index in [-0.39, 0.29) is 6.09 Å². The summed E-state index contributed by atoms with van der Waals surface area (Å²) in [6.07, 6.45) is 2.22. The minimum atomic E-state index is -0.420. The van der Waals surface area contributed by atoms with E-state index in [1.165, 1.54) is 12.0 Å². The topological polar surface area (TPSA) is 42.0 Å². The number of fused-ring (bicyclic) bond motifs is 2. The van der Waals surface area contributed by atoms with E-state index >= 15 is 0 Å². The van der Waals surface area contributed by atoms with Crippen molar-refractivity contribution < 1.29 is 14.3 Å². The fourth-order valence-corrected chi connectivity index (χ4v) is 4.59. The van der Waals surface area contributed by atoms with Gasteiger partial charge in [0.15, 0.2) is 0 Å². The fourth-order valence-electron chi connectivity index (χ4n) is 4.59. The quantitative estimate of drug-likeness (QED) is 0.826. The van der Waals surface area contributed by atoms with E-state index in [4.69, 9.17) is 9.47 Å². The SMILES string of the molecule is COc1ccccc1[C@@H]1C[C@H]1CN1CC2CC(C1)N2C(=O)OC(C)(C)C. The van der Waals surface area contributed by atoms with Crippen LogP contribution in [0.2, 0.25) is 0 Å². The van der Waals surface area contributed by atoms with E-state index in [1.54, 1.807) is 7.11 Å². The van der Waals surface area contributed by atoms with Gasteiger partial charge in [0.2, 0.25) is 0 Å². The number of rotatable bonds is 4. The van der Waals surface area contributed by atoms with Crippen LogP contribution >= 0.6 is 0 Å². The van der Waals surface area contributed by atoms with Crippen molar-refractivity contribution in [1.29, 1.82) is 0 Å². The zero-order valence-electron chi connectivity index (χ0n) is 16.3. The third-order valence-electron chi connectivity index (χ3n) is 5.83. The van der Waals surface area contributed by atoms with Gasteiger partial charge in [-0.3, -0.25) is 9.80 Å². The molecule has 1 aromatic carbocycles. The first-order valence-corrected chi connectivity index (χ1v) is 9.72. The van der Waals surface area contributed by atoms with Gasteiger partial charge in [-0.2, -0.15) is 0 Å². The molecule has 5 nitrogen and oxygen atoms in total. The Morgan fingerprint density at radius 1 is 1.15 bits per heavy atom. The number of ether oxygens (including phenoxy) is 2. The fraction of sp³-hybridized carbons (Fsp3) is 0.667. The van der Waals surface area contributed by atoms with E-state index in [0.29, 0.717) is 23.9 Å². The zero-order chi connectivity index (χ0) is 18.5. The van der Waals surface area contributed by atoms with E-state index < -0.39 is 5.60 Å². The average molecular weight is 358 g/mol. The molecule has 2 unspecified atom stereocenters. The molecular formula is C21H30N2O3. The Kier molecular flexibility index (Phi) is 4.38. The summed E-state index contributed by atoms with van der Waals surface area (Å²) in [5, 5.41) is 0. The van der Waals surface area contributed by atoms with Gasteiger partial charge in [0.25, 0.3) is 0 Å². The number of hydrogen-bond acceptors (Lipinski definition) is 4. The summed E-state index contributed by atoms with van der Waals surface area (Å²) in [7, 11) is 1.75. The van der Waals surface area contributed by atoms with E-state index in [9.17, 15) is 4.79 Å². The molecule has 4 atom stereocenters. The van der Waals surface area contributed by atoms with Crippen LogP contribution in [0.3, 0.4) is 0 Å². The van der Waals surface area contributed by atoms with Crippen molar-refractivity contribution in [3.05, 3.63) is 29.8 Å². The number of benzene rings is 1. The molecule has 0 radical (unpaired) electrons. The van der Waals surface area contributed by atoms with Gasteiger partial charge in [-0.1, -0.05) is 18.2 Å². The first kappa shape index (κ1) is 17.7. The van der Waals surface area contributed by atoms with Crippen molar-refractivity contribution in [1.82, 2.24) is 9.80 Å². The summed E-state index contributed by atoms with van der Waals surface area (Å²) >= 11 is 0. The van der Waals surface area contributed by atoms with Crippen LogP contribution < -0.4 is 4.74 Å². The number of piperidine rings is 1. The van der Waals surface area contributed by atoms with Gasteiger partial charge < -0.3 is 9.47 Å². The van der Waals surface area contributed by atoms with Gasteiger partial charge in [-0.05, 0) is 57.1 Å². The van der Waals surface area contributed by atoms with Crippen LogP contribution in [0.15, 0.2) is 24.3 Å². The standard InChI is InChI=1S/C21H30N2O3/c1-21(2,3)26-20(24)23-15-10-16(23)13-22(12-15)11-14-9-18(14)17-7-5-6-8-19(17)25-4/h5-8,14-16,18H,9-13H2,1-4H3/t14-,15?,16?,18+/m0/s1. The van der Waals surface area contributed by atoms with E-state index in [0.717, 1.165) is 31.8 Å². The second-order valence-electron chi connectivity index (χ2n) is 8.99. The lowest BCUT2D eigenvalue weighted by Crippen LogP contribution is -2.70. The van der Waals surface area contributed by atoms with Gasteiger partial charge in [0.05, 0.1) is 19.2 Å². The first-order chi connectivity index (χ1) is 12.4. The first-order valence-electron chi connectivity index (χ1n) is 9.72. The Bertz CT molecular complexity index is 672. The number of carbonyl (C=O) groups excluding carboxylic acids is 1. The summed E-state index contributed by atoms with van der Waals surface area (Å²) in [4.78, 5) is 16.9. The molecule has 0 spiro atoms. The van der Waals surface area contributed by atoms with Crippen LogP contribution in [-0.2, 0) is 4.74 Å². The highest BCUT2D eigenvalue weighted by Gasteiger charge is 2.50. The second kappa shape index (κ2) is 6.45. The molecule has 3 saturated heterocycles. The minimum absolute atomic E-state index is 0.142. The molecule has 3 aliphatic heterocycles. The molecule has 0 N–H and O–H groups in total. The number of hydrogen-bond donors (Lipinski definition) is 0. The largest absolute Gasteiger partial charge is 0.496 e. The summed E-state index contributed by atoms with van der Waals surface area (Å²) in [6, 6.07) is 9.03. The number of piperazine rings is 1. The Balaban J connectivity index is 1.30. The molecule has 2 bridgehead atoms. The molecule has 0 aromatic heterocycles. The van der Waals surface area contributed by atoms with Gasteiger partial charge >= 0.3 is 6.09 Å². The van der Waals surface area contributed by atoms with Crippen LogP contribution in [0.1, 0.15) is 45.1 Å². The number of carbonyl (C=O) groups is 1. The van der Waals surface area contributed by atoms with Gasteiger partial charge in [0.1, 0.15) is 11.4 Å². The molecule has 1 aromatic rings. The lowest BCUT2D eigenvalue weighted by atomic mass is 9.88. The summed E-state index contributed by atoms with van der Waals surface area (Å²) in [6.45, 7) is 8.86. The molecule has 3 heterocycles. The lowest BCUT2D eigenvalue weighted by molar-refractivity contribution is -0.0771. The molecule has 4 aliphatic rings. The average Bonchev–Trinajstić information content (AvgIpc) is 3.31. The van der Waals surface area contributed by atoms with Crippen molar-refractivity contribution in [3.63, 3.8) is 0 Å². The highest BCUT2D eigenvalue weighted by molar-refractivity contribution is 5.70. The third-order valence-corrected chi connectivity index (χ3v) is 5.83. The Morgan fingerprint density at radius 3 is 2.50 bits per heavy atom. The number of nitrogens with zero attached hydrogens (tertiary/aromatic N) is 2. The summed E-state index contributed by atoms with van der Waals surface area (Å²) in [5.74, 6) is 2.34.